The minimum atomic E-state index is -0.0643. The summed E-state index contributed by atoms with van der Waals surface area (Å²) in [4.78, 5) is 2.45. The topological polar surface area (TPSA) is 26.0 Å². The van der Waals surface area contributed by atoms with Crippen molar-refractivity contribution in [3.63, 3.8) is 0 Å². The maximum atomic E-state index is 6.26. The molecule has 0 spiro atoms. The van der Waals surface area contributed by atoms with Crippen molar-refractivity contribution in [2.24, 2.45) is 5.73 Å². The van der Waals surface area contributed by atoms with Crippen LogP contribution in [0.5, 0.6) is 0 Å². The van der Waals surface area contributed by atoms with Gasteiger partial charge in [0.1, 0.15) is 0 Å². The number of hydrogen-bond acceptors (Lipinski definition) is 2. The Balaban J connectivity index is 2.38. The number of benzene rings is 1. The summed E-state index contributed by atoms with van der Waals surface area (Å²) in [6, 6.07) is 10.2. The third kappa shape index (κ3) is 2.56. The zero-order chi connectivity index (χ0) is 11.7. The molecule has 1 aromatic heterocycles. The molecule has 0 fully saturated rings. The van der Waals surface area contributed by atoms with E-state index in [1.165, 1.54) is 9.75 Å². The van der Waals surface area contributed by atoms with Crippen molar-refractivity contribution in [3.8, 4) is 0 Å². The van der Waals surface area contributed by atoms with E-state index in [0.717, 1.165) is 14.5 Å². The average molecular weight is 361 g/mol. The summed E-state index contributed by atoms with van der Waals surface area (Å²) >= 11 is 8.75. The lowest BCUT2D eigenvalue weighted by Gasteiger charge is -2.11. The fraction of sp³-hybridized carbons (Fsp3) is 0.167. The van der Waals surface area contributed by atoms with Gasteiger partial charge in [0.05, 0.1) is 6.04 Å². The Kier molecular flexibility index (Phi) is 3.85. The lowest BCUT2D eigenvalue weighted by Crippen LogP contribution is -2.10. The summed E-state index contributed by atoms with van der Waals surface area (Å²) in [6.45, 7) is 2.09. The van der Waals surface area contributed by atoms with E-state index in [1.807, 2.05) is 12.1 Å². The van der Waals surface area contributed by atoms with Gasteiger partial charge < -0.3 is 5.73 Å². The minimum Gasteiger partial charge on any atom is -0.320 e. The predicted molar refractivity (Wildman–Crippen MR) is 76.9 cm³/mol. The van der Waals surface area contributed by atoms with Crippen LogP contribution in [0.25, 0.3) is 0 Å². The number of thiophene rings is 1. The first-order valence-electron chi connectivity index (χ1n) is 4.85. The highest BCUT2D eigenvalue weighted by Crippen LogP contribution is 2.34. The molecule has 0 saturated heterocycles. The summed E-state index contributed by atoms with van der Waals surface area (Å²) < 4.78 is 2.16. The second-order valence-corrected chi connectivity index (χ2v) is 6.66. The second kappa shape index (κ2) is 5.00. The number of aryl methyl sites for hydroxylation is 1. The molecule has 2 N–H and O–H groups in total. The van der Waals surface area contributed by atoms with Crippen molar-refractivity contribution in [2.75, 3.05) is 0 Å². The fourth-order valence-electron chi connectivity index (χ4n) is 1.56. The van der Waals surface area contributed by atoms with Gasteiger partial charge in [0.25, 0.3) is 0 Å². The monoisotopic (exact) mass is 359 g/mol. The van der Waals surface area contributed by atoms with Gasteiger partial charge in [0.2, 0.25) is 0 Å². The normalized spacial score (nSPS) is 12.8. The van der Waals surface area contributed by atoms with Crippen molar-refractivity contribution in [2.45, 2.75) is 13.0 Å². The van der Waals surface area contributed by atoms with E-state index in [1.54, 1.807) is 11.3 Å². The molecular weight excluding hydrogens is 350 g/mol. The van der Waals surface area contributed by atoms with Crippen LogP contribution in [0.4, 0.5) is 0 Å². The van der Waals surface area contributed by atoms with Gasteiger partial charge in [-0.3, -0.25) is 0 Å². The van der Waals surface area contributed by atoms with Gasteiger partial charge in [0.15, 0.2) is 0 Å². The molecule has 0 aliphatic carbocycles. The van der Waals surface area contributed by atoms with E-state index in [4.69, 9.17) is 5.73 Å². The zero-order valence-corrected chi connectivity index (χ0v) is 12.7. The molecule has 1 nitrogen and oxygen atoms in total. The Labute approximate surface area is 116 Å². The van der Waals surface area contributed by atoms with Crippen LogP contribution in [0.2, 0.25) is 0 Å². The molecule has 1 aromatic carbocycles. The molecule has 0 amide bonds. The smallest absolute Gasteiger partial charge is 0.0657 e. The van der Waals surface area contributed by atoms with Crippen LogP contribution in [0.15, 0.2) is 39.3 Å². The van der Waals surface area contributed by atoms with Crippen LogP contribution in [-0.4, -0.2) is 0 Å². The molecule has 16 heavy (non-hydrogen) atoms. The van der Waals surface area contributed by atoms with E-state index in [2.05, 4.69) is 57.0 Å². The second-order valence-electron chi connectivity index (χ2n) is 3.60. The van der Waals surface area contributed by atoms with Gasteiger partial charge in [-0.1, -0.05) is 28.1 Å². The number of hydrogen-bond donors (Lipinski definition) is 1. The average Bonchev–Trinajstić information content (AvgIpc) is 2.57. The molecule has 4 heteroatoms. The molecule has 2 rings (SSSR count). The van der Waals surface area contributed by atoms with E-state index in [-0.39, 0.29) is 6.04 Å². The van der Waals surface area contributed by atoms with Gasteiger partial charge in [-0.25, -0.2) is 0 Å². The van der Waals surface area contributed by atoms with Gasteiger partial charge in [0, 0.05) is 18.7 Å². The standard InChI is InChI=1S/C12H11Br2NS/c1-7-5-10(14)12(16-7)11(15)8-3-2-4-9(13)6-8/h2-6,11H,15H2,1H3. The molecule has 0 saturated carbocycles. The molecular formula is C12H11Br2NS. The number of halogens is 2. The summed E-state index contributed by atoms with van der Waals surface area (Å²) in [5.41, 5.74) is 7.38. The molecule has 1 atom stereocenters. The molecule has 0 aliphatic heterocycles. The maximum Gasteiger partial charge on any atom is 0.0657 e. The van der Waals surface area contributed by atoms with Crippen LogP contribution in [0.1, 0.15) is 21.4 Å². The van der Waals surface area contributed by atoms with Crippen LogP contribution in [0, 0.1) is 6.92 Å². The summed E-state index contributed by atoms with van der Waals surface area (Å²) in [5.74, 6) is 0. The Morgan fingerprint density at radius 3 is 2.56 bits per heavy atom. The van der Waals surface area contributed by atoms with E-state index < -0.39 is 0 Å². The first-order valence-corrected chi connectivity index (χ1v) is 7.25. The summed E-state index contributed by atoms with van der Waals surface area (Å²) in [6.07, 6.45) is 0. The molecule has 0 aliphatic rings. The fourth-order valence-corrected chi connectivity index (χ4v) is 3.91. The van der Waals surface area contributed by atoms with Gasteiger partial charge in [-0.15, -0.1) is 11.3 Å². The van der Waals surface area contributed by atoms with E-state index in [0.29, 0.717) is 0 Å². The van der Waals surface area contributed by atoms with Crippen molar-refractivity contribution >= 4 is 43.2 Å². The van der Waals surface area contributed by atoms with E-state index in [9.17, 15) is 0 Å². The third-order valence-electron chi connectivity index (χ3n) is 2.33. The molecule has 0 radical (unpaired) electrons. The third-order valence-corrected chi connectivity index (χ3v) is 4.87. The Morgan fingerprint density at radius 2 is 2.00 bits per heavy atom. The van der Waals surface area contributed by atoms with Crippen molar-refractivity contribution < 1.29 is 0 Å². The number of nitrogens with two attached hydrogens (primary N) is 1. The van der Waals surface area contributed by atoms with Crippen molar-refractivity contribution in [3.05, 3.63) is 54.6 Å². The summed E-state index contributed by atoms with van der Waals surface area (Å²) in [7, 11) is 0. The van der Waals surface area contributed by atoms with Crippen LogP contribution >= 0.6 is 43.2 Å². The summed E-state index contributed by atoms with van der Waals surface area (Å²) in [5, 5.41) is 0. The van der Waals surface area contributed by atoms with Crippen LogP contribution in [-0.2, 0) is 0 Å². The largest absolute Gasteiger partial charge is 0.320 e. The SMILES string of the molecule is Cc1cc(Br)c(C(N)c2cccc(Br)c2)s1. The molecule has 84 valence electrons. The lowest BCUT2D eigenvalue weighted by atomic mass is 10.1. The van der Waals surface area contributed by atoms with Gasteiger partial charge in [-0.05, 0) is 46.6 Å². The first kappa shape index (κ1) is 12.3. The Bertz CT molecular complexity index is 507. The molecule has 1 unspecified atom stereocenters. The predicted octanol–water partition coefficient (Wildman–Crippen LogP) is 4.63. The van der Waals surface area contributed by atoms with Crippen molar-refractivity contribution in [1.82, 2.24) is 0 Å². The van der Waals surface area contributed by atoms with E-state index >= 15 is 0 Å². The zero-order valence-electron chi connectivity index (χ0n) is 8.71. The first-order chi connectivity index (χ1) is 7.58. The van der Waals surface area contributed by atoms with Gasteiger partial charge in [-0.2, -0.15) is 0 Å². The highest BCUT2D eigenvalue weighted by Gasteiger charge is 2.15. The Hall–Kier alpha value is -0.160. The lowest BCUT2D eigenvalue weighted by molar-refractivity contribution is 0.888. The van der Waals surface area contributed by atoms with Crippen LogP contribution < -0.4 is 5.73 Å². The van der Waals surface area contributed by atoms with Gasteiger partial charge >= 0.3 is 0 Å². The van der Waals surface area contributed by atoms with Crippen molar-refractivity contribution in [1.29, 1.82) is 0 Å². The number of rotatable bonds is 2. The molecule has 1 heterocycles. The minimum absolute atomic E-state index is 0.0643. The quantitative estimate of drug-likeness (QED) is 0.830. The maximum absolute atomic E-state index is 6.26. The molecule has 0 bridgehead atoms. The highest BCUT2D eigenvalue weighted by molar-refractivity contribution is 9.10. The molecule has 2 aromatic rings. The van der Waals surface area contributed by atoms with Crippen LogP contribution in [0.3, 0.4) is 0 Å². The Morgan fingerprint density at radius 1 is 1.25 bits per heavy atom. The highest BCUT2D eigenvalue weighted by atomic mass is 79.9.